The lowest BCUT2D eigenvalue weighted by molar-refractivity contribution is 0.0342. The number of carbonyl (C=O) groups is 2. The molecule has 0 unspecified atom stereocenters. The Bertz CT molecular complexity index is 1450. The van der Waals surface area contributed by atoms with Gasteiger partial charge in [-0.25, -0.2) is 14.8 Å². The molecule has 2 N–H and O–H groups in total. The minimum Gasteiger partial charge on any atom is -0.379 e. The first-order valence-electron chi connectivity index (χ1n) is 12.2. The zero-order valence-electron chi connectivity index (χ0n) is 20.3. The normalized spacial score (nSPS) is 16.5. The lowest BCUT2D eigenvalue weighted by Crippen LogP contribution is -2.40. The van der Waals surface area contributed by atoms with E-state index in [0.29, 0.717) is 32.3 Å². The SMILES string of the molecule is C[C@H](c1ccccc1)N1C(=O)Nc2c(C(=O)Nc3ccc(CN4CCOCC4)cc3)sc3ncnc1c23. The summed E-state index contributed by atoms with van der Waals surface area (Å²) in [6.45, 7) is 6.17. The largest absolute Gasteiger partial charge is 0.379 e. The Morgan fingerprint density at radius 2 is 1.86 bits per heavy atom. The molecule has 0 bridgehead atoms. The minimum atomic E-state index is -0.330. The van der Waals surface area contributed by atoms with Gasteiger partial charge in [-0.3, -0.25) is 14.6 Å². The summed E-state index contributed by atoms with van der Waals surface area (Å²) in [4.78, 5) is 40.4. The molecule has 4 aromatic rings. The predicted molar refractivity (Wildman–Crippen MR) is 144 cm³/mol. The molecule has 3 amide bonds. The topological polar surface area (TPSA) is 99.7 Å². The molecule has 2 aliphatic heterocycles. The average Bonchev–Trinajstić information content (AvgIpc) is 3.30. The number of ether oxygens (including phenoxy) is 1. The zero-order valence-corrected chi connectivity index (χ0v) is 21.1. The van der Waals surface area contributed by atoms with E-state index < -0.39 is 0 Å². The summed E-state index contributed by atoms with van der Waals surface area (Å²) in [5.74, 6) is 0.206. The highest BCUT2D eigenvalue weighted by Crippen LogP contribution is 2.44. The standard InChI is InChI=1S/C27H26N6O3S/c1-17(19-5-3-2-4-6-19)33-24-21-22(31-27(33)35)23(37-26(21)29-16-28-24)25(34)30-20-9-7-18(8-10-20)15-32-11-13-36-14-12-32/h2-10,16-17H,11-15H2,1H3,(H,30,34)(H,31,35)/t17-/m1/s1. The van der Waals surface area contributed by atoms with E-state index in [1.54, 1.807) is 4.90 Å². The Balaban J connectivity index is 1.25. The van der Waals surface area contributed by atoms with Crippen LogP contribution in [0.25, 0.3) is 10.2 Å². The molecule has 188 valence electrons. The number of benzene rings is 2. The van der Waals surface area contributed by atoms with Gasteiger partial charge in [0.2, 0.25) is 0 Å². The lowest BCUT2D eigenvalue weighted by Gasteiger charge is -2.32. The van der Waals surface area contributed by atoms with Crippen LogP contribution < -0.4 is 15.5 Å². The van der Waals surface area contributed by atoms with Crippen LogP contribution in [-0.2, 0) is 11.3 Å². The Labute approximate surface area is 218 Å². The molecule has 9 nitrogen and oxygen atoms in total. The van der Waals surface area contributed by atoms with Gasteiger partial charge in [0.1, 0.15) is 16.0 Å². The van der Waals surface area contributed by atoms with Crippen molar-refractivity contribution < 1.29 is 14.3 Å². The molecule has 6 rings (SSSR count). The molecule has 37 heavy (non-hydrogen) atoms. The number of hydrogen-bond acceptors (Lipinski definition) is 7. The highest BCUT2D eigenvalue weighted by atomic mass is 32.1. The number of nitrogens with zero attached hydrogens (tertiary/aromatic N) is 4. The summed E-state index contributed by atoms with van der Waals surface area (Å²) in [6.07, 6.45) is 1.44. The number of urea groups is 1. The van der Waals surface area contributed by atoms with E-state index in [1.165, 1.54) is 23.2 Å². The summed E-state index contributed by atoms with van der Waals surface area (Å²) in [6, 6.07) is 17.0. The lowest BCUT2D eigenvalue weighted by atomic mass is 10.1. The van der Waals surface area contributed by atoms with E-state index in [1.807, 2.05) is 61.5 Å². The van der Waals surface area contributed by atoms with E-state index in [0.717, 1.165) is 38.4 Å². The molecule has 0 saturated carbocycles. The summed E-state index contributed by atoms with van der Waals surface area (Å²) in [7, 11) is 0. The number of anilines is 3. The maximum absolute atomic E-state index is 13.3. The monoisotopic (exact) mass is 514 g/mol. The second-order valence-corrected chi connectivity index (χ2v) is 10.1. The molecule has 1 atom stereocenters. The molecule has 0 aliphatic carbocycles. The molecule has 0 radical (unpaired) electrons. The number of carbonyl (C=O) groups excluding carboxylic acids is 2. The van der Waals surface area contributed by atoms with Crippen molar-refractivity contribution in [3.8, 4) is 0 Å². The van der Waals surface area contributed by atoms with Crippen LogP contribution in [0.5, 0.6) is 0 Å². The number of amides is 3. The van der Waals surface area contributed by atoms with Crippen molar-refractivity contribution in [3.63, 3.8) is 0 Å². The van der Waals surface area contributed by atoms with Crippen molar-refractivity contribution in [3.05, 3.63) is 76.9 Å². The van der Waals surface area contributed by atoms with Crippen LogP contribution in [0.15, 0.2) is 60.9 Å². The number of thiophene rings is 1. The van der Waals surface area contributed by atoms with Crippen molar-refractivity contribution in [2.45, 2.75) is 19.5 Å². The summed E-state index contributed by atoms with van der Waals surface area (Å²) in [5, 5.41) is 6.58. The van der Waals surface area contributed by atoms with Crippen molar-refractivity contribution in [2.24, 2.45) is 0 Å². The Kier molecular flexibility index (Phi) is 6.29. The van der Waals surface area contributed by atoms with Gasteiger partial charge in [0.05, 0.1) is 30.3 Å². The van der Waals surface area contributed by atoms with Gasteiger partial charge in [0, 0.05) is 25.3 Å². The molecule has 0 spiro atoms. The van der Waals surface area contributed by atoms with Gasteiger partial charge in [-0.2, -0.15) is 0 Å². The van der Waals surface area contributed by atoms with Gasteiger partial charge in [0.25, 0.3) is 5.91 Å². The highest BCUT2D eigenvalue weighted by Gasteiger charge is 2.35. The molecule has 4 heterocycles. The highest BCUT2D eigenvalue weighted by molar-refractivity contribution is 7.21. The summed E-state index contributed by atoms with van der Waals surface area (Å²) < 4.78 is 5.41. The van der Waals surface area contributed by atoms with Crippen molar-refractivity contribution in [1.29, 1.82) is 0 Å². The third kappa shape index (κ3) is 4.55. The van der Waals surface area contributed by atoms with Gasteiger partial charge in [0.15, 0.2) is 5.82 Å². The third-order valence-electron chi connectivity index (χ3n) is 6.74. The van der Waals surface area contributed by atoms with Crippen LogP contribution in [-0.4, -0.2) is 53.1 Å². The number of nitrogens with one attached hydrogen (secondary N) is 2. The van der Waals surface area contributed by atoms with Crippen LogP contribution in [0, 0.1) is 0 Å². The van der Waals surface area contributed by atoms with Crippen molar-refractivity contribution in [2.75, 3.05) is 41.8 Å². The quantitative estimate of drug-likeness (QED) is 0.380. The van der Waals surface area contributed by atoms with E-state index >= 15 is 0 Å². The molecule has 2 aromatic heterocycles. The second kappa shape index (κ2) is 9.89. The molecule has 1 saturated heterocycles. The van der Waals surface area contributed by atoms with Crippen molar-refractivity contribution >= 4 is 50.7 Å². The van der Waals surface area contributed by atoms with Gasteiger partial charge in [-0.05, 0) is 30.2 Å². The Morgan fingerprint density at radius 1 is 1.11 bits per heavy atom. The van der Waals surface area contributed by atoms with Gasteiger partial charge in [-0.1, -0.05) is 42.5 Å². The summed E-state index contributed by atoms with van der Waals surface area (Å²) in [5.41, 5.74) is 3.31. The zero-order chi connectivity index (χ0) is 25.4. The Morgan fingerprint density at radius 3 is 2.62 bits per heavy atom. The molecule has 2 aromatic carbocycles. The first kappa shape index (κ1) is 23.5. The van der Waals surface area contributed by atoms with Gasteiger partial charge in [-0.15, -0.1) is 11.3 Å². The van der Waals surface area contributed by atoms with Crippen LogP contribution in [0.3, 0.4) is 0 Å². The Hall–Kier alpha value is -3.86. The summed E-state index contributed by atoms with van der Waals surface area (Å²) >= 11 is 1.24. The van der Waals surface area contributed by atoms with Crippen LogP contribution in [0.1, 0.15) is 33.8 Å². The maximum Gasteiger partial charge on any atom is 0.328 e. The first-order chi connectivity index (χ1) is 18.1. The fourth-order valence-electron chi connectivity index (χ4n) is 4.78. The maximum atomic E-state index is 13.3. The van der Waals surface area contributed by atoms with Gasteiger partial charge < -0.3 is 15.4 Å². The molecular weight excluding hydrogens is 488 g/mol. The van der Waals surface area contributed by atoms with Crippen LogP contribution in [0.4, 0.5) is 22.0 Å². The smallest absolute Gasteiger partial charge is 0.328 e. The van der Waals surface area contributed by atoms with Crippen LogP contribution >= 0.6 is 11.3 Å². The van der Waals surface area contributed by atoms with E-state index in [4.69, 9.17) is 4.74 Å². The third-order valence-corrected chi connectivity index (χ3v) is 7.84. The number of rotatable bonds is 6. The molecule has 1 fully saturated rings. The number of aromatic nitrogens is 2. The van der Waals surface area contributed by atoms with Gasteiger partial charge >= 0.3 is 6.03 Å². The van der Waals surface area contributed by atoms with E-state index in [-0.39, 0.29) is 18.0 Å². The van der Waals surface area contributed by atoms with E-state index in [2.05, 4.69) is 25.5 Å². The average molecular weight is 515 g/mol. The predicted octanol–water partition coefficient (Wildman–Crippen LogP) is 4.89. The van der Waals surface area contributed by atoms with Crippen molar-refractivity contribution in [1.82, 2.24) is 14.9 Å². The van der Waals surface area contributed by atoms with E-state index in [9.17, 15) is 9.59 Å². The number of morpholine rings is 1. The molecule has 10 heteroatoms. The minimum absolute atomic E-state index is 0.249. The molecular formula is C27H26N6O3S. The fourth-order valence-corrected chi connectivity index (χ4v) is 5.77. The second-order valence-electron chi connectivity index (χ2n) is 9.11. The van der Waals surface area contributed by atoms with Crippen LogP contribution in [0.2, 0.25) is 0 Å². The first-order valence-corrected chi connectivity index (χ1v) is 13.0. The number of hydrogen-bond donors (Lipinski definition) is 2. The fraction of sp³-hybridized carbons (Fsp3) is 0.259. The molecule has 2 aliphatic rings.